The lowest BCUT2D eigenvalue weighted by molar-refractivity contribution is -0.143. The molecule has 0 radical (unpaired) electrons. The van der Waals surface area contributed by atoms with E-state index in [0.717, 1.165) is 5.56 Å². The Morgan fingerprint density at radius 2 is 1.35 bits per heavy atom. The summed E-state index contributed by atoms with van der Waals surface area (Å²) < 4.78 is 63.2. The van der Waals surface area contributed by atoms with E-state index in [1.165, 1.54) is 12.1 Å². The first-order valence-corrected chi connectivity index (χ1v) is 19.2. The molecule has 22 nitrogen and oxygen atoms in total. The van der Waals surface area contributed by atoms with Gasteiger partial charge in [0, 0.05) is 6.61 Å². The van der Waals surface area contributed by atoms with E-state index in [1.807, 2.05) is 13.8 Å². The van der Waals surface area contributed by atoms with Crippen molar-refractivity contribution in [2.45, 2.75) is 45.4 Å². The number of esters is 2. The van der Waals surface area contributed by atoms with E-state index in [2.05, 4.69) is 24.7 Å². The lowest BCUT2D eigenvalue weighted by atomic mass is 10.2. The topological polar surface area (TPSA) is 357 Å². The van der Waals surface area contributed by atoms with Crippen LogP contribution >= 0.6 is 7.60 Å². The van der Waals surface area contributed by atoms with Gasteiger partial charge in [-0.05, 0) is 39.8 Å². The number of benzene rings is 1. The van der Waals surface area contributed by atoms with Crippen molar-refractivity contribution in [1.29, 1.82) is 0 Å². The molecule has 0 aliphatic heterocycles. The van der Waals surface area contributed by atoms with Crippen LogP contribution in [0.1, 0.15) is 37.5 Å². The average Bonchev–Trinajstić information content (AvgIpc) is 3.07. The second kappa shape index (κ2) is 23.7. The molecule has 0 unspecified atom stereocenters. The molecule has 0 spiro atoms. The van der Waals surface area contributed by atoms with Crippen LogP contribution in [0.4, 0.5) is 23.5 Å². The van der Waals surface area contributed by atoms with Crippen molar-refractivity contribution in [3.8, 4) is 5.88 Å². The molecule has 3 rings (SSSR count). The molecule has 0 bridgehead atoms. The summed E-state index contributed by atoms with van der Waals surface area (Å²) in [6.45, 7) is 8.23. The largest absolute Gasteiger partial charge is 0.475 e. The third-order valence-electron chi connectivity index (χ3n) is 6.04. The summed E-state index contributed by atoms with van der Waals surface area (Å²) in [7, 11) is -7.87. The second-order valence-electron chi connectivity index (χ2n) is 10.4. The average molecular weight is 807 g/mol. The Kier molecular flexibility index (Phi) is 20.7. The van der Waals surface area contributed by atoms with Gasteiger partial charge in [-0.25, -0.2) is 0 Å². The number of hydrogen-bond acceptors (Lipinski definition) is 19. The predicted molar refractivity (Wildman–Crippen MR) is 194 cm³/mol. The normalized spacial score (nSPS) is 11.0. The van der Waals surface area contributed by atoms with E-state index in [0.29, 0.717) is 6.61 Å². The summed E-state index contributed by atoms with van der Waals surface area (Å²) in [6.07, 6.45) is -1.12. The number of carbonyl (C=O) groups excluding carboxylic acids is 2. The van der Waals surface area contributed by atoms with Gasteiger partial charge in [-0.15, -0.1) is 0 Å². The molecule has 0 aliphatic rings. The third-order valence-corrected chi connectivity index (χ3v) is 7.89. The van der Waals surface area contributed by atoms with E-state index in [9.17, 15) is 27.4 Å². The van der Waals surface area contributed by atoms with E-state index >= 15 is 0 Å². The second-order valence-corrected chi connectivity index (χ2v) is 13.6. The fourth-order valence-electron chi connectivity index (χ4n) is 3.70. The highest BCUT2D eigenvalue weighted by molar-refractivity contribution is 7.86. The van der Waals surface area contributed by atoms with Gasteiger partial charge in [-0.2, -0.15) is 23.4 Å². The van der Waals surface area contributed by atoms with Crippen LogP contribution in [0.3, 0.4) is 0 Å². The number of ether oxygens (including phenoxy) is 5. The maximum atomic E-state index is 11.6. The van der Waals surface area contributed by atoms with Crippen LogP contribution in [0.5, 0.6) is 5.88 Å². The Bertz CT molecular complexity index is 1860. The molecule has 0 saturated heterocycles. The summed E-state index contributed by atoms with van der Waals surface area (Å²) in [6, 6.07) is 6.54. The summed E-state index contributed by atoms with van der Waals surface area (Å²) in [5, 5.41) is 0. The van der Waals surface area contributed by atoms with Crippen LogP contribution in [-0.2, 0) is 60.2 Å². The molecule has 0 amide bonds. The molecule has 3 aromatic rings. The zero-order valence-electron chi connectivity index (χ0n) is 30.2. The Morgan fingerprint density at radius 1 is 0.796 bits per heavy atom. The van der Waals surface area contributed by atoms with Gasteiger partial charge in [-0.1, -0.05) is 17.7 Å². The van der Waals surface area contributed by atoms with Gasteiger partial charge in [0.05, 0.1) is 61.9 Å². The molecule has 302 valence electrons. The van der Waals surface area contributed by atoms with Crippen molar-refractivity contribution < 1.29 is 60.2 Å². The van der Waals surface area contributed by atoms with Crippen molar-refractivity contribution in [2.24, 2.45) is 0 Å². The van der Waals surface area contributed by atoms with Gasteiger partial charge in [0.2, 0.25) is 17.8 Å². The summed E-state index contributed by atoms with van der Waals surface area (Å²) in [5.41, 5.74) is 22.7. The molecule has 2 heterocycles. The maximum absolute atomic E-state index is 11.6. The Balaban J connectivity index is 0.000000418. The van der Waals surface area contributed by atoms with Gasteiger partial charge < -0.3 is 56.4 Å². The minimum Gasteiger partial charge on any atom is -0.475 e. The number of aryl methyl sites for hydroxylation is 1. The number of rotatable bonds is 18. The predicted octanol–water partition coefficient (Wildman–Crippen LogP) is 0.0539. The van der Waals surface area contributed by atoms with Crippen molar-refractivity contribution in [3.63, 3.8) is 0 Å². The number of nitrogens with two attached hydrogens (primary N) is 4. The van der Waals surface area contributed by atoms with Crippen LogP contribution in [0.25, 0.3) is 0 Å². The van der Waals surface area contributed by atoms with E-state index < -0.39 is 41.6 Å². The Hall–Kier alpha value is -4.90. The number of carbonyl (C=O) groups is 2. The van der Waals surface area contributed by atoms with Crippen LogP contribution in [0.15, 0.2) is 34.0 Å². The minimum absolute atomic E-state index is 0.0113. The smallest absolute Gasteiger partial charge is 0.350 e. The number of nitrogens with zero attached hydrogens (tertiary/aromatic N) is 3. The number of nitrogens with one attached hydrogen (secondary N) is 1. The lowest BCUT2D eigenvalue weighted by Crippen LogP contribution is -2.22. The molecular formula is C30H47N8O14PS. The van der Waals surface area contributed by atoms with Crippen LogP contribution < -0.4 is 33.2 Å². The summed E-state index contributed by atoms with van der Waals surface area (Å²) >= 11 is 0. The van der Waals surface area contributed by atoms with E-state index in [1.54, 1.807) is 26.0 Å². The molecule has 2 aromatic heterocycles. The number of H-pyrrole nitrogens is 1. The number of aromatic amines is 1. The first-order valence-electron chi connectivity index (χ1n) is 16.0. The standard InChI is InChI=1S/C11H19N4O7P.C11H16O4S.C8H12N4O3/c1-2-21-8(16)5-7-9(12)14-11(13)15-10(7)22-4-3-20-6-23(17,18)19;1-3-14-8-9-15-16(12,13)11-6-4-10(2)5-7-11;1-2-15-5(13)3-4-6(9)11-8(10)12-7(4)14/h2-6H2,1H3,(H2,17,18,19)(H4,12,13,14,15);4-7H,3,8-9H2,1-2H3;2-3H2,1H3,(H5,9,10,11,12,14). The van der Waals surface area contributed by atoms with Gasteiger partial charge in [-0.3, -0.25) is 28.1 Å². The lowest BCUT2D eigenvalue weighted by Gasteiger charge is -2.12. The van der Waals surface area contributed by atoms with E-state index in [4.69, 9.17) is 55.9 Å². The zero-order chi connectivity index (χ0) is 40.9. The van der Waals surface area contributed by atoms with Crippen molar-refractivity contribution in [1.82, 2.24) is 19.9 Å². The molecule has 24 heteroatoms. The maximum Gasteiger partial charge on any atom is 0.350 e. The molecule has 0 aliphatic carbocycles. The van der Waals surface area contributed by atoms with Crippen molar-refractivity contribution in [3.05, 3.63) is 51.3 Å². The van der Waals surface area contributed by atoms with E-state index in [-0.39, 0.29) is 97.9 Å². The highest BCUT2D eigenvalue weighted by Crippen LogP contribution is 2.33. The molecule has 0 saturated carbocycles. The molecular weight excluding hydrogens is 759 g/mol. The highest BCUT2D eigenvalue weighted by Gasteiger charge is 2.18. The molecule has 54 heavy (non-hydrogen) atoms. The SMILES string of the molecule is CCOC(=O)Cc1c(N)nc(N)[nH]c1=O.CCOC(=O)Cc1c(N)nc(N)nc1OCCOCP(=O)(O)O.CCOCCOS(=O)(=O)c1ccc(C)cc1. The summed E-state index contributed by atoms with van der Waals surface area (Å²) in [4.78, 5) is 64.9. The first-order chi connectivity index (χ1) is 25.3. The van der Waals surface area contributed by atoms with Gasteiger partial charge in [0.25, 0.3) is 15.7 Å². The number of anilines is 4. The van der Waals surface area contributed by atoms with Crippen LogP contribution in [0.2, 0.25) is 0 Å². The molecule has 0 atom stereocenters. The highest BCUT2D eigenvalue weighted by atomic mass is 32.2. The number of aromatic nitrogens is 4. The fraction of sp³-hybridized carbons (Fsp3) is 0.467. The molecule has 1 aromatic carbocycles. The Morgan fingerprint density at radius 3 is 1.89 bits per heavy atom. The molecule has 11 N–H and O–H groups in total. The third kappa shape index (κ3) is 18.7. The van der Waals surface area contributed by atoms with Crippen molar-refractivity contribution >= 4 is 53.2 Å². The van der Waals surface area contributed by atoms with Gasteiger partial charge >= 0.3 is 19.5 Å². The van der Waals surface area contributed by atoms with Crippen LogP contribution in [0, 0.1) is 6.92 Å². The number of hydrogen-bond donors (Lipinski definition) is 7. The quantitative estimate of drug-likeness (QED) is 0.0386. The monoisotopic (exact) mass is 806 g/mol. The number of nitrogen functional groups attached to an aromatic ring is 4. The molecule has 0 fully saturated rings. The van der Waals surface area contributed by atoms with Crippen molar-refractivity contribution in [2.75, 3.05) is 75.5 Å². The fourth-order valence-corrected chi connectivity index (χ4v) is 4.96. The zero-order valence-corrected chi connectivity index (χ0v) is 31.9. The van der Waals surface area contributed by atoms with Gasteiger partial charge in [0.1, 0.15) is 24.6 Å². The Labute approximate surface area is 311 Å². The first kappa shape index (κ1) is 47.1. The summed E-state index contributed by atoms with van der Waals surface area (Å²) in [5.74, 6) is -1.35. The van der Waals surface area contributed by atoms with Gasteiger partial charge in [0.15, 0.2) is 0 Å². The minimum atomic E-state index is -4.23. The van der Waals surface area contributed by atoms with Crippen LogP contribution in [-0.4, -0.2) is 103 Å².